The van der Waals surface area contributed by atoms with Gasteiger partial charge in [-0.2, -0.15) is 5.26 Å². The quantitative estimate of drug-likeness (QED) is 0.906. The SMILES string of the molecule is N#CCCN1CCCC(C(=O)Nc2cccc3c(O)cccc23)C1. The molecule has 1 unspecified atom stereocenters. The van der Waals surface area contributed by atoms with E-state index in [0.717, 1.165) is 42.4 Å². The number of carbonyl (C=O) groups excluding carboxylic acids is 1. The number of nitrogens with one attached hydrogen (secondary N) is 1. The van der Waals surface area contributed by atoms with Crippen molar-refractivity contribution in [1.29, 1.82) is 5.26 Å². The van der Waals surface area contributed by atoms with Crippen LogP contribution in [0.1, 0.15) is 19.3 Å². The van der Waals surface area contributed by atoms with Gasteiger partial charge in [-0.1, -0.05) is 24.3 Å². The number of phenolic OH excluding ortho intramolecular Hbond substituents is 1. The standard InChI is InChI=1S/C19H21N3O2/c20-10-4-12-22-11-3-5-14(13-22)19(24)21-17-8-1-7-16-15(17)6-2-9-18(16)23/h1-2,6-9,14,23H,3-5,11-13H2,(H,21,24). The molecule has 0 aromatic heterocycles. The van der Waals surface area contributed by atoms with E-state index in [1.807, 2.05) is 24.3 Å². The second-order valence-corrected chi connectivity index (χ2v) is 6.21. The van der Waals surface area contributed by atoms with Crippen molar-refractivity contribution in [2.75, 3.05) is 25.0 Å². The third-order valence-electron chi connectivity index (χ3n) is 4.57. The van der Waals surface area contributed by atoms with E-state index in [2.05, 4.69) is 16.3 Å². The summed E-state index contributed by atoms with van der Waals surface area (Å²) in [5, 5.41) is 23.2. The molecule has 24 heavy (non-hydrogen) atoms. The molecule has 5 nitrogen and oxygen atoms in total. The van der Waals surface area contributed by atoms with Gasteiger partial charge in [0.25, 0.3) is 0 Å². The molecule has 1 saturated heterocycles. The Morgan fingerprint density at radius 1 is 1.29 bits per heavy atom. The first kappa shape index (κ1) is 16.3. The van der Waals surface area contributed by atoms with E-state index in [0.29, 0.717) is 13.0 Å². The highest BCUT2D eigenvalue weighted by atomic mass is 16.3. The average molecular weight is 323 g/mol. The number of piperidine rings is 1. The van der Waals surface area contributed by atoms with Crippen molar-refractivity contribution in [3.05, 3.63) is 36.4 Å². The lowest BCUT2D eigenvalue weighted by atomic mass is 9.96. The van der Waals surface area contributed by atoms with Crippen LogP contribution in [0.2, 0.25) is 0 Å². The Kier molecular flexibility index (Phi) is 4.97. The molecule has 1 fully saturated rings. The van der Waals surface area contributed by atoms with Crippen molar-refractivity contribution in [3.63, 3.8) is 0 Å². The molecule has 1 aliphatic heterocycles. The van der Waals surface area contributed by atoms with Gasteiger partial charge >= 0.3 is 0 Å². The lowest BCUT2D eigenvalue weighted by Crippen LogP contribution is -2.41. The van der Waals surface area contributed by atoms with Crippen LogP contribution in [0.15, 0.2) is 36.4 Å². The maximum Gasteiger partial charge on any atom is 0.228 e. The molecule has 0 saturated carbocycles. The van der Waals surface area contributed by atoms with Crippen LogP contribution in [0.25, 0.3) is 10.8 Å². The summed E-state index contributed by atoms with van der Waals surface area (Å²) in [6.07, 6.45) is 2.34. The molecule has 0 spiro atoms. The van der Waals surface area contributed by atoms with Crippen LogP contribution in [0.3, 0.4) is 0 Å². The highest BCUT2D eigenvalue weighted by molar-refractivity contribution is 6.04. The fourth-order valence-electron chi connectivity index (χ4n) is 3.32. The predicted molar refractivity (Wildman–Crippen MR) is 93.6 cm³/mol. The Bertz CT molecular complexity index is 782. The summed E-state index contributed by atoms with van der Waals surface area (Å²) in [5.74, 6) is 0.154. The maximum atomic E-state index is 12.7. The number of nitriles is 1. The molecule has 1 aliphatic rings. The minimum absolute atomic E-state index is 0.00694. The van der Waals surface area contributed by atoms with Crippen molar-refractivity contribution in [2.45, 2.75) is 19.3 Å². The molecule has 2 aromatic carbocycles. The normalized spacial score (nSPS) is 18.2. The number of carbonyl (C=O) groups is 1. The number of hydrogen-bond acceptors (Lipinski definition) is 4. The number of phenols is 1. The molecule has 5 heteroatoms. The number of likely N-dealkylation sites (tertiary alicyclic amines) is 1. The monoisotopic (exact) mass is 323 g/mol. The largest absolute Gasteiger partial charge is 0.507 e. The summed E-state index contributed by atoms with van der Waals surface area (Å²) in [5.41, 5.74) is 0.725. The molecule has 1 atom stereocenters. The third kappa shape index (κ3) is 3.50. The van der Waals surface area contributed by atoms with Crippen LogP contribution in [0.5, 0.6) is 5.75 Å². The van der Waals surface area contributed by atoms with E-state index in [4.69, 9.17) is 5.26 Å². The highest BCUT2D eigenvalue weighted by Gasteiger charge is 2.25. The van der Waals surface area contributed by atoms with E-state index >= 15 is 0 Å². The molecule has 0 aliphatic carbocycles. The first-order valence-corrected chi connectivity index (χ1v) is 8.30. The van der Waals surface area contributed by atoms with Crippen LogP contribution in [0.4, 0.5) is 5.69 Å². The van der Waals surface area contributed by atoms with Crippen molar-refractivity contribution < 1.29 is 9.90 Å². The Morgan fingerprint density at radius 3 is 2.92 bits per heavy atom. The number of benzene rings is 2. The van der Waals surface area contributed by atoms with Gasteiger partial charge < -0.3 is 15.3 Å². The van der Waals surface area contributed by atoms with Gasteiger partial charge in [-0.15, -0.1) is 0 Å². The zero-order valence-corrected chi connectivity index (χ0v) is 13.5. The molecule has 0 radical (unpaired) electrons. The molecular weight excluding hydrogens is 302 g/mol. The Labute approximate surface area is 141 Å². The van der Waals surface area contributed by atoms with E-state index in [9.17, 15) is 9.90 Å². The van der Waals surface area contributed by atoms with Crippen molar-refractivity contribution in [2.24, 2.45) is 5.92 Å². The van der Waals surface area contributed by atoms with E-state index < -0.39 is 0 Å². The zero-order valence-electron chi connectivity index (χ0n) is 13.5. The molecule has 2 N–H and O–H groups in total. The summed E-state index contributed by atoms with van der Waals surface area (Å²) in [4.78, 5) is 14.8. The highest BCUT2D eigenvalue weighted by Crippen LogP contribution is 2.30. The van der Waals surface area contributed by atoms with Crippen LogP contribution < -0.4 is 5.32 Å². The fourth-order valence-corrected chi connectivity index (χ4v) is 3.32. The van der Waals surface area contributed by atoms with Crippen molar-refractivity contribution >= 4 is 22.4 Å². The second-order valence-electron chi connectivity index (χ2n) is 6.21. The van der Waals surface area contributed by atoms with Crippen LogP contribution in [0, 0.1) is 17.2 Å². The van der Waals surface area contributed by atoms with Gasteiger partial charge in [-0.05, 0) is 31.5 Å². The smallest absolute Gasteiger partial charge is 0.228 e. The van der Waals surface area contributed by atoms with E-state index in [1.165, 1.54) is 0 Å². The molecular formula is C19H21N3O2. The van der Waals surface area contributed by atoms with Gasteiger partial charge in [0, 0.05) is 36.0 Å². The molecule has 124 valence electrons. The van der Waals surface area contributed by atoms with Crippen LogP contribution in [-0.4, -0.2) is 35.5 Å². The van der Waals surface area contributed by atoms with Crippen LogP contribution >= 0.6 is 0 Å². The van der Waals surface area contributed by atoms with Gasteiger partial charge in [-0.25, -0.2) is 0 Å². The number of fused-ring (bicyclic) bond motifs is 1. The maximum absolute atomic E-state index is 12.7. The Hall–Kier alpha value is -2.58. The lowest BCUT2D eigenvalue weighted by molar-refractivity contribution is -0.121. The summed E-state index contributed by atoms with van der Waals surface area (Å²) in [6, 6.07) is 13.0. The van der Waals surface area contributed by atoms with Crippen molar-refractivity contribution in [1.82, 2.24) is 4.90 Å². The molecule has 1 amide bonds. The fraction of sp³-hybridized carbons (Fsp3) is 0.368. The third-order valence-corrected chi connectivity index (χ3v) is 4.57. The number of hydrogen-bond donors (Lipinski definition) is 2. The summed E-state index contributed by atoms with van der Waals surface area (Å²) >= 11 is 0. The number of amides is 1. The van der Waals surface area contributed by atoms with Crippen molar-refractivity contribution in [3.8, 4) is 11.8 Å². The molecule has 1 heterocycles. The molecule has 2 aromatic rings. The molecule has 0 bridgehead atoms. The number of rotatable bonds is 4. The number of aromatic hydroxyl groups is 1. The lowest BCUT2D eigenvalue weighted by Gasteiger charge is -2.31. The van der Waals surface area contributed by atoms with E-state index in [1.54, 1.807) is 12.1 Å². The Morgan fingerprint density at radius 2 is 2.08 bits per heavy atom. The van der Waals surface area contributed by atoms with Gasteiger partial charge in [0.2, 0.25) is 5.91 Å². The van der Waals surface area contributed by atoms with Gasteiger partial charge in [-0.3, -0.25) is 4.79 Å². The van der Waals surface area contributed by atoms with Crippen LogP contribution in [-0.2, 0) is 4.79 Å². The summed E-state index contributed by atoms with van der Waals surface area (Å²) < 4.78 is 0. The Balaban J connectivity index is 1.73. The van der Waals surface area contributed by atoms with Gasteiger partial charge in [0.05, 0.1) is 12.0 Å². The predicted octanol–water partition coefficient (Wildman–Crippen LogP) is 3.11. The zero-order chi connectivity index (χ0) is 16.9. The molecule has 3 rings (SSSR count). The van der Waals surface area contributed by atoms with Gasteiger partial charge in [0.15, 0.2) is 0 Å². The second kappa shape index (κ2) is 7.33. The van der Waals surface area contributed by atoms with E-state index in [-0.39, 0.29) is 17.6 Å². The summed E-state index contributed by atoms with van der Waals surface area (Å²) in [6.45, 7) is 2.37. The minimum atomic E-state index is -0.0648. The first-order chi connectivity index (χ1) is 11.7. The summed E-state index contributed by atoms with van der Waals surface area (Å²) in [7, 11) is 0. The number of nitrogens with zero attached hydrogens (tertiary/aromatic N) is 2. The topological polar surface area (TPSA) is 76.4 Å². The minimum Gasteiger partial charge on any atom is -0.507 e. The number of anilines is 1. The first-order valence-electron chi connectivity index (χ1n) is 8.30. The van der Waals surface area contributed by atoms with Gasteiger partial charge in [0.1, 0.15) is 5.75 Å². The average Bonchev–Trinajstić information content (AvgIpc) is 2.61.